The van der Waals surface area contributed by atoms with Crippen molar-refractivity contribution in [2.75, 3.05) is 20.1 Å². The fourth-order valence-electron chi connectivity index (χ4n) is 2.86. The Morgan fingerprint density at radius 1 is 1.40 bits per heavy atom. The Morgan fingerprint density at radius 3 is 2.84 bits per heavy atom. The van der Waals surface area contributed by atoms with Crippen LogP contribution in [0.25, 0.3) is 0 Å². The highest BCUT2D eigenvalue weighted by Gasteiger charge is 2.24. The van der Waals surface area contributed by atoms with Gasteiger partial charge in [0.25, 0.3) is 5.91 Å². The van der Waals surface area contributed by atoms with Crippen LogP contribution in [0.5, 0.6) is 5.75 Å². The zero-order valence-electron chi connectivity index (χ0n) is 14.4. The zero-order chi connectivity index (χ0) is 17.8. The molecule has 6 nitrogen and oxygen atoms in total. The largest absolute Gasteiger partial charge is 0.486 e. The van der Waals surface area contributed by atoms with Crippen LogP contribution in [0.15, 0.2) is 28.8 Å². The van der Waals surface area contributed by atoms with Crippen molar-refractivity contribution in [3.63, 3.8) is 0 Å². The molecule has 0 aliphatic carbocycles. The van der Waals surface area contributed by atoms with E-state index in [1.54, 1.807) is 19.1 Å². The van der Waals surface area contributed by atoms with Crippen molar-refractivity contribution in [1.82, 2.24) is 15.4 Å². The third-order valence-electron chi connectivity index (χ3n) is 4.46. The summed E-state index contributed by atoms with van der Waals surface area (Å²) in [5, 5.41) is 6.86. The highest BCUT2D eigenvalue weighted by atomic mass is 19.1. The minimum absolute atomic E-state index is 0.0203. The van der Waals surface area contributed by atoms with E-state index in [1.165, 1.54) is 12.1 Å². The number of aryl methyl sites for hydroxylation is 1. The number of para-hydroxylation sites is 1. The van der Waals surface area contributed by atoms with E-state index >= 15 is 0 Å². The lowest BCUT2D eigenvalue weighted by Crippen LogP contribution is -2.43. The van der Waals surface area contributed by atoms with Crippen molar-refractivity contribution in [3.05, 3.63) is 47.1 Å². The summed E-state index contributed by atoms with van der Waals surface area (Å²) in [6, 6.07) is 6.26. The number of hydrogen-bond acceptors (Lipinski definition) is 5. The smallest absolute Gasteiger partial charge is 0.274 e. The van der Waals surface area contributed by atoms with Gasteiger partial charge < -0.3 is 19.5 Å². The molecule has 0 spiro atoms. The van der Waals surface area contributed by atoms with E-state index in [2.05, 4.69) is 22.4 Å². The maximum absolute atomic E-state index is 13.7. The van der Waals surface area contributed by atoms with Crippen LogP contribution in [-0.2, 0) is 6.61 Å². The van der Waals surface area contributed by atoms with Crippen LogP contribution >= 0.6 is 0 Å². The minimum atomic E-state index is -0.450. The highest BCUT2D eigenvalue weighted by molar-refractivity contribution is 5.94. The normalized spacial score (nSPS) is 16.0. The molecule has 0 bridgehead atoms. The number of hydrogen-bond donors (Lipinski definition) is 1. The Hall–Kier alpha value is -2.41. The number of ether oxygens (including phenoxy) is 1. The van der Waals surface area contributed by atoms with E-state index in [0.29, 0.717) is 11.3 Å². The third kappa shape index (κ3) is 4.17. The first-order valence-electron chi connectivity index (χ1n) is 8.36. The van der Waals surface area contributed by atoms with Crippen LogP contribution < -0.4 is 10.1 Å². The molecule has 1 aromatic heterocycles. The van der Waals surface area contributed by atoms with Crippen molar-refractivity contribution >= 4 is 5.91 Å². The van der Waals surface area contributed by atoms with Gasteiger partial charge >= 0.3 is 0 Å². The minimum Gasteiger partial charge on any atom is -0.486 e. The quantitative estimate of drug-likeness (QED) is 0.900. The van der Waals surface area contributed by atoms with E-state index in [4.69, 9.17) is 9.26 Å². The summed E-state index contributed by atoms with van der Waals surface area (Å²) in [7, 11) is 2.07. The molecule has 1 aromatic carbocycles. The predicted octanol–water partition coefficient (Wildman–Crippen LogP) is 2.53. The number of carbonyl (C=O) groups excluding carboxylic acids is 1. The number of rotatable bonds is 5. The number of nitrogens with one attached hydrogen (secondary N) is 1. The standard InChI is InChI=1S/C18H22FN3O3/c1-12-14(11-24-16-6-4-3-5-15(16)19)17(21-25-12)18(23)20-13-7-9-22(2)10-8-13/h3-6,13H,7-11H2,1-2H3,(H,20,23). The molecule has 1 fully saturated rings. The van der Waals surface area contributed by atoms with Crippen molar-refractivity contribution in [1.29, 1.82) is 0 Å². The van der Waals surface area contributed by atoms with Crippen molar-refractivity contribution in [3.8, 4) is 5.75 Å². The average Bonchev–Trinajstić information content (AvgIpc) is 2.97. The number of amides is 1. The van der Waals surface area contributed by atoms with Crippen LogP contribution in [-0.4, -0.2) is 42.1 Å². The summed E-state index contributed by atoms with van der Waals surface area (Å²) in [6.07, 6.45) is 1.81. The molecule has 1 saturated heterocycles. The van der Waals surface area contributed by atoms with Gasteiger partial charge in [0.05, 0.1) is 5.56 Å². The number of nitrogens with zero attached hydrogens (tertiary/aromatic N) is 2. The Labute approximate surface area is 145 Å². The molecule has 0 atom stereocenters. The Kier molecular flexibility index (Phi) is 5.33. The van der Waals surface area contributed by atoms with E-state index in [0.717, 1.165) is 25.9 Å². The number of carbonyl (C=O) groups is 1. The third-order valence-corrected chi connectivity index (χ3v) is 4.46. The second-order valence-electron chi connectivity index (χ2n) is 6.34. The Morgan fingerprint density at radius 2 is 2.12 bits per heavy atom. The molecule has 0 radical (unpaired) electrons. The van der Waals surface area contributed by atoms with Gasteiger partial charge in [0.15, 0.2) is 17.3 Å². The van der Waals surface area contributed by atoms with Gasteiger partial charge in [0, 0.05) is 6.04 Å². The number of halogens is 1. The summed E-state index contributed by atoms with van der Waals surface area (Å²) >= 11 is 0. The molecule has 25 heavy (non-hydrogen) atoms. The van der Waals surface area contributed by atoms with Gasteiger partial charge in [-0.2, -0.15) is 0 Å². The second kappa shape index (κ2) is 7.65. The molecule has 1 amide bonds. The highest BCUT2D eigenvalue weighted by Crippen LogP contribution is 2.20. The Bertz CT molecular complexity index is 739. The first kappa shape index (κ1) is 17.4. The van der Waals surface area contributed by atoms with E-state index in [9.17, 15) is 9.18 Å². The molecule has 1 aliphatic heterocycles. The summed E-state index contributed by atoms with van der Waals surface area (Å²) < 4.78 is 24.3. The molecule has 2 aromatic rings. The maximum atomic E-state index is 13.7. The maximum Gasteiger partial charge on any atom is 0.274 e. The van der Waals surface area contributed by atoms with Gasteiger partial charge in [0.2, 0.25) is 0 Å². The lowest BCUT2D eigenvalue weighted by molar-refractivity contribution is 0.0905. The SMILES string of the molecule is Cc1onc(C(=O)NC2CCN(C)CC2)c1COc1ccccc1F. The van der Waals surface area contributed by atoms with Crippen LogP contribution in [0.3, 0.4) is 0 Å². The van der Waals surface area contributed by atoms with Crippen LogP contribution in [0.1, 0.15) is 34.7 Å². The van der Waals surface area contributed by atoms with Gasteiger partial charge in [-0.1, -0.05) is 17.3 Å². The molecular formula is C18H22FN3O3. The van der Waals surface area contributed by atoms with E-state index < -0.39 is 5.82 Å². The molecule has 2 heterocycles. The first-order valence-corrected chi connectivity index (χ1v) is 8.36. The van der Waals surface area contributed by atoms with Crippen molar-refractivity contribution in [2.24, 2.45) is 0 Å². The number of likely N-dealkylation sites (tertiary alicyclic amines) is 1. The van der Waals surface area contributed by atoms with Crippen LogP contribution in [0, 0.1) is 12.7 Å². The predicted molar refractivity (Wildman–Crippen MR) is 90.0 cm³/mol. The first-order chi connectivity index (χ1) is 12.0. The topological polar surface area (TPSA) is 67.6 Å². The van der Waals surface area contributed by atoms with E-state index in [-0.39, 0.29) is 30.0 Å². The molecule has 1 N–H and O–H groups in total. The molecule has 0 unspecified atom stereocenters. The lowest BCUT2D eigenvalue weighted by Gasteiger charge is -2.29. The van der Waals surface area contributed by atoms with Gasteiger partial charge in [-0.25, -0.2) is 4.39 Å². The summed E-state index contributed by atoms with van der Waals surface area (Å²) in [5.74, 6) is -0.109. The van der Waals surface area contributed by atoms with Gasteiger partial charge in [-0.15, -0.1) is 0 Å². The van der Waals surface area contributed by atoms with E-state index in [1.807, 2.05) is 0 Å². The second-order valence-corrected chi connectivity index (χ2v) is 6.34. The summed E-state index contributed by atoms with van der Waals surface area (Å²) in [4.78, 5) is 14.8. The van der Waals surface area contributed by atoms with Crippen LogP contribution in [0.4, 0.5) is 4.39 Å². The van der Waals surface area contributed by atoms with Crippen molar-refractivity contribution < 1.29 is 18.4 Å². The molecule has 7 heteroatoms. The van der Waals surface area contributed by atoms with Crippen molar-refractivity contribution in [2.45, 2.75) is 32.4 Å². The van der Waals surface area contributed by atoms with Gasteiger partial charge in [-0.05, 0) is 52.0 Å². The van der Waals surface area contributed by atoms with Gasteiger partial charge in [-0.3, -0.25) is 4.79 Å². The number of piperidine rings is 1. The average molecular weight is 347 g/mol. The zero-order valence-corrected chi connectivity index (χ0v) is 14.4. The molecule has 1 aliphatic rings. The van der Waals surface area contributed by atoms with Gasteiger partial charge in [0.1, 0.15) is 12.4 Å². The summed E-state index contributed by atoms with van der Waals surface area (Å²) in [6.45, 7) is 3.63. The molecule has 3 rings (SSSR count). The fourth-order valence-corrected chi connectivity index (χ4v) is 2.86. The molecule has 0 saturated carbocycles. The van der Waals surface area contributed by atoms with Crippen LogP contribution in [0.2, 0.25) is 0 Å². The number of benzene rings is 1. The molecule has 134 valence electrons. The monoisotopic (exact) mass is 347 g/mol. The fraction of sp³-hybridized carbons (Fsp3) is 0.444. The lowest BCUT2D eigenvalue weighted by atomic mass is 10.1. The molecular weight excluding hydrogens is 325 g/mol. The summed E-state index contributed by atoms with van der Waals surface area (Å²) in [5.41, 5.74) is 0.737. The number of aromatic nitrogens is 1. The Balaban J connectivity index is 1.66.